The van der Waals surface area contributed by atoms with Crippen LogP contribution in [-0.4, -0.2) is 41.1 Å². The van der Waals surface area contributed by atoms with Gasteiger partial charge in [0.2, 0.25) is 0 Å². The van der Waals surface area contributed by atoms with E-state index in [-0.39, 0.29) is 6.61 Å². The molecule has 1 aromatic rings. The minimum absolute atomic E-state index is 0.290. The second kappa shape index (κ2) is 8.27. The van der Waals surface area contributed by atoms with E-state index in [1.807, 2.05) is 11.7 Å². The van der Waals surface area contributed by atoms with Crippen LogP contribution in [0.15, 0.2) is 0 Å². The van der Waals surface area contributed by atoms with E-state index in [0.29, 0.717) is 6.04 Å². The van der Waals surface area contributed by atoms with Crippen LogP contribution in [0.2, 0.25) is 0 Å². The van der Waals surface area contributed by atoms with Crippen molar-refractivity contribution in [1.82, 2.24) is 15.1 Å². The summed E-state index contributed by atoms with van der Waals surface area (Å²) in [5.41, 5.74) is 2.38. The molecule has 1 aromatic heterocycles. The summed E-state index contributed by atoms with van der Waals surface area (Å²) >= 11 is 0. The van der Waals surface area contributed by atoms with Crippen LogP contribution in [0.3, 0.4) is 0 Å². The maximum absolute atomic E-state index is 8.83. The molecule has 1 rings (SSSR count). The Morgan fingerprint density at radius 3 is 2.60 bits per heavy atom. The molecule has 20 heavy (non-hydrogen) atoms. The molecule has 0 aromatic carbocycles. The third kappa shape index (κ3) is 4.80. The van der Waals surface area contributed by atoms with Crippen molar-refractivity contribution in [3.8, 4) is 0 Å². The number of nitrogens with zero attached hydrogens (tertiary/aromatic N) is 3. The van der Waals surface area contributed by atoms with Crippen LogP contribution in [-0.2, 0) is 13.6 Å². The number of hydrogen-bond acceptors (Lipinski definition) is 4. The van der Waals surface area contributed by atoms with Gasteiger partial charge in [0.1, 0.15) is 5.82 Å². The Bertz CT molecular complexity index is 401. The van der Waals surface area contributed by atoms with Crippen molar-refractivity contribution in [2.75, 3.05) is 25.1 Å². The lowest BCUT2D eigenvalue weighted by Crippen LogP contribution is -2.26. The fourth-order valence-electron chi connectivity index (χ4n) is 2.42. The van der Waals surface area contributed by atoms with Crippen molar-refractivity contribution in [3.63, 3.8) is 0 Å². The zero-order valence-electron chi connectivity index (χ0n) is 13.6. The van der Waals surface area contributed by atoms with E-state index in [1.165, 1.54) is 11.4 Å². The van der Waals surface area contributed by atoms with Crippen LogP contribution >= 0.6 is 0 Å². The highest BCUT2D eigenvalue weighted by atomic mass is 16.2. The second-order valence-corrected chi connectivity index (χ2v) is 5.75. The summed E-state index contributed by atoms with van der Waals surface area (Å²) in [5.74, 6) is 1.19. The summed E-state index contributed by atoms with van der Waals surface area (Å²) in [5, 5.41) is 16.9. The maximum atomic E-state index is 8.83. The number of aliphatic hydroxyl groups is 1. The van der Waals surface area contributed by atoms with Gasteiger partial charge in [-0.2, -0.15) is 5.10 Å². The van der Waals surface area contributed by atoms with Crippen molar-refractivity contribution >= 4 is 5.82 Å². The van der Waals surface area contributed by atoms with Gasteiger partial charge in [-0.15, -0.1) is 0 Å². The van der Waals surface area contributed by atoms with Crippen LogP contribution < -0.4 is 10.2 Å². The van der Waals surface area contributed by atoms with Crippen LogP contribution in [0, 0.1) is 6.92 Å². The highest BCUT2D eigenvalue weighted by Gasteiger charge is 2.16. The molecule has 1 heterocycles. The lowest BCUT2D eigenvalue weighted by atomic mass is 10.2. The number of rotatable bonds is 9. The van der Waals surface area contributed by atoms with E-state index in [4.69, 9.17) is 5.11 Å². The number of unbranched alkanes of at least 4 members (excludes halogenated alkanes) is 2. The lowest BCUT2D eigenvalue weighted by molar-refractivity contribution is 0.283. The van der Waals surface area contributed by atoms with Gasteiger partial charge in [-0.3, -0.25) is 4.68 Å². The van der Waals surface area contributed by atoms with Crippen molar-refractivity contribution in [3.05, 3.63) is 11.3 Å². The molecular formula is C15H30N4O. The van der Waals surface area contributed by atoms with Gasteiger partial charge in [-0.25, -0.2) is 0 Å². The predicted molar refractivity (Wildman–Crippen MR) is 84.1 cm³/mol. The van der Waals surface area contributed by atoms with E-state index in [9.17, 15) is 0 Å². The zero-order valence-corrected chi connectivity index (χ0v) is 13.6. The summed E-state index contributed by atoms with van der Waals surface area (Å²) in [6.07, 6.45) is 3.05. The first-order valence-electron chi connectivity index (χ1n) is 7.55. The molecule has 0 bridgehead atoms. The van der Waals surface area contributed by atoms with Crippen molar-refractivity contribution in [2.45, 2.75) is 52.6 Å². The first-order chi connectivity index (χ1) is 9.47. The monoisotopic (exact) mass is 282 g/mol. The van der Waals surface area contributed by atoms with Gasteiger partial charge in [0, 0.05) is 45.4 Å². The Balaban J connectivity index is 2.71. The third-order valence-corrected chi connectivity index (χ3v) is 3.51. The molecular weight excluding hydrogens is 252 g/mol. The van der Waals surface area contributed by atoms with Crippen LogP contribution in [0.5, 0.6) is 0 Å². The van der Waals surface area contributed by atoms with E-state index in [2.05, 4.69) is 43.1 Å². The molecule has 2 N–H and O–H groups in total. The molecule has 0 unspecified atom stereocenters. The van der Waals surface area contributed by atoms with Crippen molar-refractivity contribution < 1.29 is 5.11 Å². The lowest BCUT2D eigenvalue weighted by Gasteiger charge is -2.21. The SMILES string of the molecule is Cc1nn(C)c(N(C)CCCCCO)c1CNC(C)C. The Labute approximate surface area is 123 Å². The van der Waals surface area contributed by atoms with Crippen LogP contribution in [0.1, 0.15) is 44.4 Å². The standard InChI is InChI=1S/C15H30N4O/c1-12(2)16-11-14-13(3)17-19(5)15(14)18(4)9-7-6-8-10-20/h12,16,20H,6-11H2,1-5H3. The van der Waals surface area contributed by atoms with Crippen molar-refractivity contribution in [1.29, 1.82) is 0 Å². The number of aryl methyl sites for hydroxylation is 2. The molecule has 0 radical (unpaired) electrons. The molecule has 0 amide bonds. The van der Waals surface area contributed by atoms with E-state index >= 15 is 0 Å². The minimum Gasteiger partial charge on any atom is -0.396 e. The van der Waals surface area contributed by atoms with Gasteiger partial charge in [-0.05, 0) is 26.2 Å². The molecule has 5 heteroatoms. The number of nitrogens with one attached hydrogen (secondary N) is 1. The normalized spacial score (nSPS) is 11.3. The van der Waals surface area contributed by atoms with Gasteiger partial charge in [0.15, 0.2) is 0 Å². The smallest absolute Gasteiger partial charge is 0.131 e. The second-order valence-electron chi connectivity index (χ2n) is 5.75. The Kier molecular flexibility index (Phi) is 7.02. The van der Waals surface area contributed by atoms with Gasteiger partial charge >= 0.3 is 0 Å². The van der Waals surface area contributed by atoms with Gasteiger partial charge in [0.05, 0.1) is 5.69 Å². The number of anilines is 1. The molecule has 0 aliphatic carbocycles. The molecule has 5 nitrogen and oxygen atoms in total. The Morgan fingerprint density at radius 1 is 1.30 bits per heavy atom. The number of aromatic nitrogens is 2. The van der Waals surface area contributed by atoms with E-state index < -0.39 is 0 Å². The Morgan fingerprint density at radius 2 is 2.00 bits per heavy atom. The highest BCUT2D eigenvalue weighted by molar-refractivity contribution is 5.49. The average molecular weight is 282 g/mol. The summed E-state index contributed by atoms with van der Waals surface area (Å²) in [7, 11) is 4.12. The number of aliphatic hydroxyl groups excluding tert-OH is 1. The molecule has 0 fully saturated rings. The number of hydrogen-bond donors (Lipinski definition) is 2. The predicted octanol–water partition coefficient (Wildman–Crippen LogP) is 1.83. The van der Waals surface area contributed by atoms with Gasteiger partial charge < -0.3 is 15.3 Å². The fraction of sp³-hybridized carbons (Fsp3) is 0.800. The summed E-state index contributed by atoms with van der Waals surface area (Å²) in [4.78, 5) is 2.27. The molecule has 0 spiro atoms. The molecule has 116 valence electrons. The largest absolute Gasteiger partial charge is 0.396 e. The van der Waals surface area contributed by atoms with Crippen molar-refractivity contribution in [2.24, 2.45) is 7.05 Å². The first kappa shape index (κ1) is 17.0. The van der Waals surface area contributed by atoms with Gasteiger partial charge in [-0.1, -0.05) is 13.8 Å². The molecule has 0 aliphatic rings. The zero-order chi connectivity index (χ0) is 15.1. The summed E-state index contributed by atoms with van der Waals surface area (Å²) in [6.45, 7) is 8.52. The van der Waals surface area contributed by atoms with Crippen LogP contribution in [0.4, 0.5) is 5.82 Å². The summed E-state index contributed by atoms with van der Waals surface area (Å²) in [6, 6.07) is 0.470. The topological polar surface area (TPSA) is 53.3 Å². The quantitative estimate of drug-likeness (QED) is 0.679. The minimum atomic E-state index is 0.290. The molecule has 0 atom stereocenters. The third-order valence-electron chi connectivity index (χ3n) is 3.51. The first-order valence-corrected chi connectivity index (χ1v) is 7.55. The van der Waals surface area contributed by atoms with E-state index in [1.54, 1.807) is 0 Å². The molecule has 0 aliphatic heterocycles. The van der Waals surface area contributed by atoms with Gasteiger partial charge in [0.25, 0.3) is 0 Å². The highest BCUT2D eigenvalue weighted by Crippen LogP contribution is 2.22. The maximum Gasteiger partial charge on any atom is 0.131 e. The Hall–Kier alpha value is -1.07. The average Bonchev–Trinajstić information content (AvgIpc) is 2.66. The summed E-state index contributed by atoms with van der Waals surface area (Å²) < 4.78 is 1.97. The van der Waals surface area contributed by atoms with Crippen LogP contribution in [0.25, 0.3) is 0 Å². The molecule has 0 saturated carbocycles. The van der Waals surface area contributed by atoms with E-state index in [0.717, 1.165) is 38.0 Å². The fourth-order valence-corrected chi connectivity index (χ4v) is 2.42. The molecule has 0 saturated heterocycles.